The van der Waals surface area contributed by atoms with E-state index in [1.165, 1.54) is 10.3 Å². The van der Waals surface area contributed by atoms with E-state index in [0.29, 0.717) is 23.3 Å². The molecule has 2 saturated heterocycles. The number of piperazine rings is 1. The maximum atomic E-state index is 13.0. The number of benzene rings is 1. The van der Waals surface area contributed by atoms with Crippen LogP contribution in [-0.4, -0.2) is 77.0 Å². The number of anilines is 2. The van der Waals surface area contributed by atoms with Gasteiger partial charge in [-0.25, -0.2) is 9.97 Å². The smallest absolute Gasteiger partial charge is 0.264 e. The molecule has 2 aliphatic heterocycles. The predicted molar refractivity (Wildman–Crippen MR) is 132 cm³/mol. The molecule has 8 heteroatoms. The van der Waals surface area contributed by atoms with E-state index in [2.05, 4.69) is 50.9 Å². The van der Waals surface area contributed by atoms with E-state index in [0.717, 1.165) is 56.9 Å². The number of pyridine rings is 1. The Morgan fingerprint density at radius 1 is 1.06 bits per heavy atom. The molecule has 0 amide bonds. The number of aryl methyl sites for hydroxylation is 1. The molecule has 0 unspecified atom stereocenters. The third-order valence-electron chi connectivity index (χ3n) is 7.08. The first-order valence-corrected chi connectivity index (χ1v) is 11.9. The van der Waals surface area contributed by atoms with Crippen molar-refractivity contribution in [3.63, 3.8) is 0 Å². The Kier molecular flexibility index (Phi) is 6.03. The highest BCUT2D eigenvalue weighted by Gasteiger charge is 2.26. The summed E-state index contributed by atoms with van der Waals surface area (Å²) in [4.78, 5) is 29.5. The van der Waals surface area contributed by atoms with Gasteiger partial charge in [-0.1, -0.05) is 19.1 Å². The van der Waals surface area contributed by atoms with Gasteiger partial charge in [-0.2, -0.15) is 0 Å². The van der Waals surface area contributed by atoms with Crippen molar-refractivity contribution in [1.29, 1.82) is 0 Å². The molecule has 0 radical (unpaired) electrons. The van der Waals surface area contributed by atoms with E-state index in [1.807, 2.05) is 6.07 Å². The molecule has 8 nitrogen and oxygen atoms in total. The van der Waals surface area contributed by atoms with Gasteiger partial charge in [0, 0.05) is 70.1 Å². The van der Waals surface area contributed by atoms with E-state index in [1.54, 1.807) is 13.4 Å². The van der Waals surface area contributed by atoms with Gasteiger partial charge < -0.3 is 24.4 Å². The summed E-state index contributed by atoms with van der Waals surface area (Å²) in [6.45, 7) is 9.22. The summed E-state index contributed by atoms with van der Waals surface area (Å²) in [6.07, 6.45) is 2.46. The van der Waals surface area contributed by atoms with E-state index in [-0.39, 0.29) is 18.1 Å². The SMILES string of the molecule is CCN1CCN(c2ccc(-c3cc4ncn(C)c(=O)c4c(N4CC[C@H](CO)C4)n3)cc2)CC1. The fraction of sp³-hybridized carbons (Fsp3) is 0.480. The molecule has 1 atom stereocenters. The van der Waals surface area contributed by atoms with Crippen molar-refractivity contribution in [2.75, 3.05) is 62.2 Å². The number of hydrogen-bond acceptors (Lipinski definition) is 7. The van der Waals surface area contributed by atoms with Crippen LogP contribution in [0.5, 0.6) is 0 Å². The molecule has 0 saturated carbocycles. The van der Waals surface area contributed by atoms with Crippen molar-refractivity contribution < 1.29 is 5.11 Å². The number of likely N-dealkylation sites (N-methyl/N-ethyl adjacent to an activating group) is 1. The topological polar surface area (TPSA) is 77.7 Å². The average molecular weight is 449 g/mol. The normalized spacial score (nSPS) is 19.5. The van der Waals surface area contributed by atoms with Gasteiger partial charge in [0.05, 0.1) is 17.5 Å². The predicted octanol–water partition coefficient (Wildman–Crippen LogP) is 1.96. The highest BCUT2D eigenvalue weighted by molar-refractivity contribution is 5.92. The standard InChI is InChI=1S/C25H32N6O2/c1-3-29-10-12-30(13-11-29)20-6-4-19(5-7-20)21-14-22-23(25(33)28(2)17-26-22)24(27-21)31-9-8-18(15-31)16-32/h4-7,14,17-18,32H,3,8-13,15-16H2,1-2H3/t18-/m0/s1. The van der Waals surface area contributed by atoms with Gasteiger partial charge in [0.2, 0.25) is 0 Å². The molecule has 2 aromatic heterocycles. The molecular formula is C25H32N6O2. The molecule has 1 N–H and O–H groups in total. The Hall–Kier alpha value is -2.97. The number of rotatable bonds is 5. The number of nitrogens with zero attached hydrogens (tertiary/aromatic N) is 6. The van der Waals surface area contributed by atoms with Gasteiger partial charge >= 0.3 is 0 Å². The number of aliphatic hydroxyl groups excluding tert-OH is 1. The lowest BCUT2D eigenvalue weighted by atomic mass is 10.1. The molecule has 0 spiro atoms. The van der Waals surface area contributed by atoms with Gasteiger partial charge in [-0.3, -0.25) is 4.79 Å². The molecule has 5 rings (SSSR count). The fourth-order valence-electron chi connectivity index (χ4n) is 4.92. The molecule has 33 heavy (non-hydrogen) atoms. The molecular weight excluding hydrogens is 416 g/mol. The Morgan fingerprint density at radius 2 is 1.82 bits per heavy atom. The van der Waals surface area contributed by atoms with Crippen molar-refractivity contribution in [3.05, 3.63) is 47.0 Å². The first-order valence-electron chi connectivity index (χ1n) is 11.9. The van der Waals surface area contributed by atoms with Crippen molar-refractivity contribution in [2.24, 2.45) is 13.0 Å². The van der Waals surface area contributed by atoms with Crippen LogP contribution in [0.3, 0.4) is 0 Å². The Bertz CT molecular complexity index is 1180. The van der Waals surface area contributed by atoms with Crippen LogP contribution >= 0.6 is 0 Å². The minimum Gasteiger partial charge on any atom is -0.396 e. The number of aliphatic hydroxyl groups is 1. The first kappa shape index (κ1) is 21.9. The van der Waals surface area contributed by atoms with E-state index in [9.17, 15) is 9.90 Å². The minimum atomic E-state index is -0.0944. The van der Waals surface area contributed by atoms with Crippen LogP contribution in [0.4, 0.5) is 11.5 Å². The number of aromatic nitrogens is 3. The summed E-state index contributed by atoms with van der Waals surface area (Å²) in [5.74, 6) is 0.880. The lowest BCUT2D eigenvalue weighted by Gasteiger charge is -2.35. The van der Waals surface area contributed by atoms with Crippen LogP contribution in [0.2, 0.25) is 0 Å². The average Bonchev–Trinajstić information content (AvgIpc) is 3.35. The molecule has 174 valence electrons. The summed E-state index contributed by atoms with van der Waals surface area (Å²) in [5.41, 5.74) is 3.61. The zero-order chi connectivity index (χ0) is 22.9. The van der Waals surface area contributed by atoms with Gasteiger partial charge in [0.15, 0.2) is 0 Å². The van der Waals surface area contributed by atoms with E-state index >= 15 is 0 Å². The van der Waals surface area contributed by atoms with Gasteiger partial charge in [-0.05, 0) is 31.2 Å². The maximum absolute atomic E-state index is 13.0. The summed E-state index contributed by atoms with van der Waals surface area (Å²) in [5, 5.41) is 10.2. The summed E-state index contributed by atoms with van der Waals surface area (Å²) < 4.78 is 1.50. The molecule has 0 aliphatic carbocycles. The lowest BCUT2D eigenvalue weighted by molar-refractivity contribution is 0.238. The Labute approximate surface area is 194 Å². The minimum absolute atomic E-state index is 0.0944. The molecule has 1 aromatic carbocycles. The van der Waals surface area contributed by atoms with Crippen LogP contribution < -0.4 is 15.4 Å². The second-order valence-electron chi connectivity index (χ2n) is 9.14. The van der Waals surface area contributed by atoms with Crippen molar-refractivity contribution >= 4 is 22.4 Å². The highest BCUT2D eigenvalue weighted by atomic mass is 16.3. The van der Waals surface area contributed by atoms with Crippen molar-refractivity contribution in [2.45, 2.75) is 13.3 Å². The molecule has 2 fully saturated rings. The molecule has 3 aromatic rings. The quantitative estimate of drug-likeness (QED) is 0.639. The highest BCUT2D eigenvalue weighted by Crippen LogP contribution is 2.31. The third kappa shape index (κ3) is 4.20. The van der Waals surface area contributed by atoms with Crippen LogP contribution in [0.25, 0.3) is 22.2 Å². The zero-order valence-electron chi connectivity index (χ0n) is 19.4. The zero-order valence-corrected chi connectivity index (χ0v) is 19.4. The van der Waals surface area contributed by atoms with E-state index < -0.39 is 0 Å². The third-order valence-corrected chi connectivity index (χ3v) is 7.08. The second-order valence-corrected chi connectivity index (χ2v) is 9.14. The maximum Gasteiger partial charge on any atom is 0.264 e. The second kappa shape index (κ2) is 9.11. The first-order chi connectivity index (χ1) is 16.1. The summed E-state index contributed by atoms with van der Waals surface area (Å²) in [6, 6.07) is 10.5. The molecule has 2 aliphatic rings. The van der Waals surface area contributed by atoms with Crippen LogP contribution in [0, 0.1) is 5.92 Å². The van der Waals surface area contributed by atoms with Crippen LogP contribution in [0.1, 0.15) is 13.3 Å². The summed E-state index contributed by atoms with van der Waals surface area (Å²) >= 11 is 0. The monoisotopic (exact) mass is 448 g/mol. The van der Waals surface area contributed by atoms with Crippen molar-refractivity contribution in [3.8, 4) is 11.3 Å². The van der Waals surface area contributed by atoms with Gasteiger partial charge in [-0.15, -0.1) is 0 Å². The van der Waals surface area contributed by atoms with E-state index in [4.69, 9.17) is 4.98 Å². The fourth-order valence-corrected chi connectivity index (χ4v) is 4.92. The van der Waals surface area contributed by atoms with Crippen molar-refractivity contribution in [1.82, 2.24) is 19.4 Å². The molecule has 4 heterocycles. The largest absolute Gasteiger partial charge is 0.396 e. The number of hydrogen-bond donors (Lipinski definition) is 1. The Balaban J connectivity index is 1.50. The lowest BCUT2D eigenvalue weighted by Crippen LogP contribution is -2.46. The van der Waals surface area contributed by atoms with Gasteiger partial charge in [0.25, 0.3) is 5.56 Å². The van der Waals surface area contributed by atoms with Crippen LogP contribution in [-0.2, 0) is 7.05 Å². The van der Waals surface area contributed by atoms with Gasteiger partial charge in [0.1, 0.15) is 11.2 Å². The summed E-state index contributed by atoms with van der Waals surface area (Å²) in [7, 11) is 1.71. The molecule has 0 bridgehead atoms. The number of fused-ring (bicyclic) bond motifs is 1. The van der Waals surface area contributed by atoms with Crippen LogP contribution in [0.15, 0.2) is 41.5 Å². The Morgan fingerprint density at radius 3 is 2.48 bits per heavy atom.